The van der Waals surface area contributed by atoms with Gasteiger partial charge in [-0.3, -0.25) is 4.72 Å². The van der Waals surface area contributed by atoms with Crippen LogP contribution >= 0.6 is 0 Å². The topological polar surface area (TPSA) is 106 Å². The Kier molecular flexibility index (Phi) is 5.33. The van der Waals surface area contributed by atoms with E-state index >= 15 is 0 Å². The normalized spacial score (nSPS) is 12.3. The third kappa shape index (κ3) is 5.58. The van der Waals surface area contributed by atoms with Gasteiger partial charge in [0.2, 0.25) is 10.0 Å². The average Bonchev–Trinajstić information content (AvgIpc) is 2.28. The van der Waals surface area contributed by atoms with Crippen LogP contribution < -0.4 is 10.5 Å². The highest BCUT2D eigenvalue weighted by Crippen LogP contribution is 2.15. The van der Waals surface area contributed by atoms with E-state index in [9.17, 15) is 16.8 Å². The number of hydrogen-bond donors (Lipinski definition) is 2. The zero-order chi connectivity index (χ0) is 14.5. The van der Waals surface area contributed by atoms with E-state index in [1.54, 1.807) is 0 Å². The molecule has 1 aromatic carbocycles. The highest BCUT2D eigenvalue weighted by Gasteiger charge is 2.11. The highest BCUT2D eigenvalue weighted by atomic mass is 32.2. The van der Waals surface area contributed by atoms with Crippen molar-refractivity contribution in [2.75, 3.05) is 23.3 Å². The molecule has 0 saturated carbocycles. The minimum atomic E-state index is -3.41. The SMILES string of the molecule is CS(=O)(=O)c1ccc(NS(=O)(=O)CCCCN)cc1. The lowest BCUT2D eigenvalue weighted by atomic mass is 10.3. The largest absolute Gasteiger partial charge is 0.330 e. The van der Waals surface area contributed by atoms with Gasteiger partial charge >= 0.3 is 0 Å². The lowest BCUT2D eigenvalue weighted by molar-refractivity contribution is 0.596. The minimum absolute atomic E-state index is 0.00196. The number of nitrogens with one attached hydrogen (secondary N) is 1. The van der Waals surface area contributed by atoms with E-state index in [4.69, 9.17) is 5.73 Å². The third-order valence-corrected chi connectivity index (χ3v) is 4.92. The first-order chi connectivity index (χ1) is 8.74. The van der Waals surface area contributed by atoms with Crippen molar-refractivity contribution >= 4 is 25.5 Å². The van der Waals surface area contributed by atoms with Crippen LogP contribution in [0.15, 0.2) is 29.2 Å². The van der Waals surface area contributed by atoms with Crippen LogP contribution in [0.2, 0.25) is 0 Å². The number of benzene rings is 1. The monoisotopic (exact) mass is 306 g/mol. The summed E-state index contributed by atoms with van der Waals surface area (Å²) in [5.41, 5.74) is 5.64. The zero-order valence-electron chi connectivity index (χ0n) is 10.7. The lowest BCUT2D eigenvalue weighted by Crippen LogP contribution is -2.17. The maximum absolute atomic E-state index is 11.7. The van der Waals surface area contributed by atoms with Gasteiger partial charge in [-0.2, -0.15) is 0 Å². The molecule has 108 valence electrons. The highest BCUT2D eigenvalue weighted by molar-refractivity contribution is 7.92. The van der Waals surface area contributed by atoms with Crippen molar-refractivity contribution in [1.82, 2.24) is 0 Å². The summed E-state index contributed by atoms with van der Waals surface area (Å²) in [4.78, 5) is 0.151. The maximum atomic E-state index is 11.7. The number of sulfone groups is 1. The Hall–Kier alpha value is -1.12. The molecule has 3 N–H and O–H groups in total. The van der Waals surface area contributed by atoms with Gasteiger partial charge in [0.25, 0.3) is 0 Å². The minimum Gasteiger partial charge on any atom is -0.330 e. The Labute approximate surface area is 114 Å². The molecule has 0 unspecified atom stereocenters. The summed E-state index contributed by atoms with van der Waals surface area (Å²) >= 11 is 0. The van der Waals surface area contributed by atoms with Gasteiger partial charge < -0.3 is 5.73 Å². The predicted octanol–water partition coefficient (Wildman–Crippen LogP) is 0.571. The van der Waals surface area contributed by atoms with Crippen LogP contribution in [0, 0.1) is 0 Å². The van der Waals surface area contributed by atoms with Crippen molar-refractivity contribution in [2.24, 2.45) is 5.73 Å². The Morgan fingerprint density at radius 1 is 1.05 bits per heavy atom. The van der Waals surface area contributed by atoms with Crippen LogP contribution in [0.4, 0.5) is 5.69 Å². The lowest BCUT2D eigenvalue weighted by Gasteiger charge is -2.08. The summed E-state index contributed by atoms with van der Waals surface area (Å²) in [7, 11) is -6.68. The first-order valence-electron chi connectivity index (χ1n) is 5.75. The zero-order valence-corrected chi connectivity index (χ0v) is 12.3. The van der Waals surface area contributed by atoms with Crippen molar-refractivity contribution in [1.29, 1.82) is 0 Å². The molecule has 1 aromatic rings. The van der Waals surface area contributed by atoms with Gasteiger partial charge in [0.15, 0.2) is 9.84 Å². The molecule has 0 heterocycles. The van der Waals surface area contributed by atoms with Crippen molar-refractivity contribution in [2.45, 2.75) is 17.7 Å². The predicted molar refractivity (Wildman–Crippen MR) is 75.2 cm³/mol. The summed E-state index contributed by atoms with van der Waals surface area (Å²) in [6.45, 7) is 0.457. The fourth-order valence-electron chi connectivity index (χ4n) is 1.44. The molecule has 19 heavy (non-hydrogen) atoms. The first-order valence-corrected chi connectivity index (χ1v) is 9.30. The van der Waals surface area contributed by atoms with Crippen LogP contribution in [0.3, 0.4) is 0 Å². The summed E-state index contributed by atoms with van der Waals surface area (Å²) in [6, 6.07) is 5.59. The first kappa shape index (κ1) is 15.9. The van der Waals surface area contributed by atoms with E-state index < -0.39 is 19.9 Å². The van der Waals surface area contributed by atoms with E-state index in [0.29, 0.717) is 25.1 Å². The van der Waals surface area contributed by atoms with E-state index in [1.807, 2.05) is 0 Å². The molecule has 0 aliphatic rings. The molecule has 0 atom stereocenters. The summed E-state index contributed by atoms with van der Waals surface area (Å²) in [5.74, 6) is -0.00196. The fourth-order valence-corrected chi connectivity index (χ4v) is 3.25. The molecule has 8 heteroatoms. The smallest absolute Gasteiger partial charge is 0.232 e. The van der Waals surface area contributed by atoms with Crippen molar-refractivity contribution in [3.8, 4) is 0 Å². The van der Waals surface area contributed by atoms with Gasteiger partial charge in [-0.15, -0.1) is 0 Å². The van der Waals surface area contributed by atoms with Crippen molar-refractivity contribution in [3.63, 3.8) is 0 Å². The van der Waals surface area contributed by atoms with E-state index in [2.05, 4.69) is 4.72 Å². The Balaban J connectivity index is 2.73. The molecule has 0 amide bonds. The van der Waals surface area contributed by atoms with Crippen molar-refractivity contribution in [3.05, 3.63) is 24.3 Å². The van der Waals surface area contributed by atoms with E-state index in [1.165, 1.54) is 24.3 Å². The van der Waals surface area contributed by atoms with Gasteiger partial charge in [-0.1, -0.05) is 0 Å². The van der Waals surface area contributed by atoms with Crippen LogP contribution in [0.1, 0.15) is 12.8 Å². The summed E-state index contributed by atoms with van der Waals surface area (Å²) < 4.78 is 48.3. The molecule has 6 nitrogen and oxygen atoms in total. The quantitative estimate of drug-likeness (QED) is 0.716. The molecule has 0 aliphatic carbocycles. The second-order valence-corrected chi connectivity index (χ2v) is 8.07. The standard InChI is InChI=1S/C11H18N2O4S2/c1-18(14,15)11-6-4-10(5-7-11)13-19(16,17)9-3-2-8-12/h4-7,13H,2-3,8-9,12H2,1H3. The average molecular weight is 306 g/mol. The molecular formula is C11H18N2O4S2. The number of nitrogens with two attached hydrogens (primary N) is 1. The summed E-state index contributed by atoms with van der Waals surface area (Å²) in [6.07, 6.45) is 2.24. The Morgan fingerprint density at radius 3 is 2.11 bits per heavy atom. The van der Waals surface area contributed by atoms with Gasteiger partial charge in [0.1, 0.15) is 0 Å². The molecule has 0 radical (unpaired) electrons. The maximum Gasteiger partial charge on any atom is 0.232 e. The Morgan fingerprint density at radius 2 is 1.63 bits per heavy atom. The van der Waals surface area contributed by atoms with E-state index in [0.717, 1.165) is 6.26 Å². The van der Waals surface area contributed by atoms with Crippen LogP contribution in [-0.2, 0) is 19.9 Å². The van der Waals surface area contributed by atoms with Gasteiger partial charge in [-0.25, -0.2) is 16.8 Å². The molecule has 0 saturated heterocycles. The number of sulfonamides is 1. The second-order valence-electron chi connectivity index (χ2n) is 4.21. The van der Waals surface area contributed by atoms with Crippen LogP contribution in [-0.4, -0.2) is 35.4 Å². The van der Waals surface area contributed by atoms with Crippen LogP contribution in [0.5, 0.6) is 0 Å². The molecule has 0 bridgehead atoms. The molecule has 0 aromatic heterocycles. The van der Waals surface area contributed by atoms with Crippen LogP contribution in [0.25, 0.3) is 0 Å². The molecule has 0 spiro atoms. The third-order valence-electron chi connectivity index (χ3n) is 2.42. The number of hydrogen-bond acceptors (Lipinski definition) is 5. The van der Waals surface area contributed by atoms with Gasteiger partial charge in [0.05, 0.1) is 10.6 Å². The molecule has 1 rings (SSSR count). The number of unbranched alkanes of at least 4 members (excludes halogenated alkanes) is 1. The Bertz CT molecular complexity index is 607. The van der Waals surface area contributed by atoms with Crippen molar-refractivity contribution < 1.29 is 16.8 Å². The molecule has 0 fully saturated rings. The number of anilines is 1. The molecular weight excluding hydrogens is 288 g/mol. The summed E-state index contributed by atoms with van der Waals surface area (Å²) in [5, 5.41) is 0. The fraction of sp³-hybridized carbons (Fsp3) is 0.455. The van der Waals surface area contributed by atoms with Gasteiger partial charge in [0, 0.05) is 11.9 Å². The second kappa shape index (κ2) is 6.36. The number of rotatable bonds is 7. The van der Waals surface area contributed by atoms with E-state index in [-0.39, 0.29) is 10.6 Å². The van der Waals surface area contributed by atoms with Gasteiger partial charge in [-0.05, 0) is 43.7 Å². The molecule has 0 aliphatic heterocycles.